The van der Waals surface area contributed by atoms with Crippen molar-refractivity contribution < 1.29 is 9.53 Å². The molecule has 4 nitrogen and oxygen atoms in total. The van der Waals surface area contributed by atoms with Crippen molar-refractivity contribution in [2.24, 2.45) is 5.92 Å². The predicted molar refractivity (Wildman–Crippen MR) is 85.8 cm³/mol. The molecule has 0 aliphatic carbocycles. The van der Waals surface area contributed by atoms with E-state index in [1.165, 1.54) is 0 Å². The molecule has 0 aromatic heterocycles. The number of piperidine rings is 1. The molecular formula is C17H26N2O2. The van der Waals surface area contributed by atoms with Gasteiger partial charge in [-0.25, -0.2) is 0 Å². The fourth-order valence-electron chi connectivity index (χ4n) is 2.61. The lowest BCUT2D eigenvalue weighted by atomic mass is 9.94. The third kappa shape index (κ3) is 5.05. The Bertz CT molecular complexity index is 468. The number of aryl methyl sites for hydroxylation is 1. The van der Waals surface area contributed by atoms with Crippen LogP contribution in [0, 0.1) is 12.8 Å². The monoisotopic (exact) mass is 290 g/mol. The molecule has 1 aromatic carbocycles. The van der Waals surface area contributed by atoms with Crippen molar-refractivity contribution in [1.82, 2.24) is 5.32 Å². The number of benzene rings is 1. The summed E-state index contributed by atoms with van der Waals surface area (Å²) in [5, 5.41) is 6.33. The van der Waals surface area contributed by atoms with Crippen LogP contribution >= 0.6 is 0 Å². The maximum Gasteiger partial charge on any atom is 0.224 e. The molecule has 1 aliphatic heterocycles. The number of rotatable bonds is 6. The van der Waals surface area contributed by atoms with Gasteiger partial charge in [-0.15, -0.1) is 0 Å². The molecule has 0 unspecified atom stereocenters. The van der Waals surface area contributed by atoms with Gasteiger partial charge in [-0.1, -0.05) is 13.0 Å². The van der Waals surface area contributed by atoms with Gasteiger partial charge in [0.05, 0.1) is 12.3 Å². The van der Waals surface area contributed by atoms with Crippen molar-refractivity contribution in [3.63, 3.8) is 0 Å². The summed E-state index contributed by atoms with van der Waals surface area (Å²) in [6, 6.07) is 5.91. The molecule has 0 radical (unpaired) electrons. The second-order valence-corrected chi connectivity index (χ2v) is 5.79. The Morgan fingerprint density at radius 2 is 2.14 bits per heavy atom. The average molecular weight is 290 g/mol. The van der Waals surface area contributed by atoms with Gasteiger partial charge < -0.3 is 15.4 Å². The van der Waals surface area contributed by atoms with Crippen LogP contribution in [0.15, 0.2) is 18.2 Å². The van der Waals surface area contributed by atoms with E-state index in [2.05, 4.69) is 17.6 Å². The van der Waals surface area contributed by atoms with Crippen molar-refractivity contribution in [2.45, 2.75) is 39.5 Å². The second-order valence-electron chi connectivity index (χ2n) is 5.79. The first kappa shape index (κ1) is 15.8. The summed E-state index contributed by atoms with van der Waals surface area (Å²) in [6.45, 7) is 6.81. The van der Waals surface area contributed by atoms with Crippen LogP contribution in [0.2, 0.25) is 0 Å². The second kappa shape index (κ2) is 8.03. The minimum Gasteiger partial charge on any atom is -0.491 e. The molecule has 1 amide bonds. The lowest BCUT2D eigenvalue weighted by molar-refractivity contribution is -0.117. The van der Waals surface area contributed by atoms with Gasteiger partial charge in [0.2, 0.25) is 5.91 Å². The van der Waals surface area contributed by atoms with Crippen molar-refractivity contribution in [2.75, 3.05) is 25.0 Å². The lowest BCUT2D eigenvalue weighted by Gasteiger charge is -2.22. The third-order valence-electron chi connectivity index (χ3n) is 3.81. The van der Waals surface area contributed by atoms with E-state index in [4.69, 9.17) is 4.74 Å². The molecular weight excluding hydrogens is 264 g/mol. The molecule has 0 saturated carbocycles. The number of ether oxygens (including phenoxy) is 1. The van der Waals surface area contributed by atoms with Crippen LogP contribution in [-0.4, -0.2) is 25.6 Å². The largest absolute Gasteiger partial charge is 0.491 e. The number of hydrogen-bond donors (Lipinski definition) is 2. The summed E-state index contributed by atoms with van der Waals surface area (Å²) in [4.78, 5) is 12.2. The van der Waals surface area contributed by atoms with Crippen LogP contribution in [0.1, 0.15) is 38.2 Å². The van der Waals surface area contributed by atoms with Gasteiger partial charge in [-0.3, -0.25) is 4.79 Å². The van der Waals surface area contributed by atoms with Gasteiger partial charge in [0.25, 0.3) is 0 Å². The van der Waals surface area contributed by atoms with E-state index in [0.717, 1.165) is 49.4 Å². The van der Waals surface area contributed by atoms with E-state index in [1.54, 1.807) is 0 Å². The molecule has 0 atom stereocenters. The van der Waals surface area contributed by atoms with Gasteiger partial charge in [-0.05, 0) is 62.9 Å². The Hall–Kier alpha value is -1.55. The highest BCUT2D eigenvalue weighted by molar-refractivity contribution is 5.92. The standard InChI is InChI=1S/C17H26N2O2/c1-3-10-21-16-11-13(2)4-5-15(16)19-17(20)12-14-6-8-18-9-7-14/h4-5,11,14,18H,3,6-10,12H2,1-2H3,(H,19,20). The Morgan fingerprint density at radius 1 is 1.38 bits per heavy atom. The normalized spacial score (nSPS) is 15.7. The Morgan fingerprint density at radius 3 is 2.86 bits per heavy atom. The van der Waals surface area contributed by atoms with E-state index < -0.39 is 0 Å². The highest BCUT2D eigenvalue weighted by atomic mass is 16.5. The number of carbonyl (C=O) groups excluding carboxylic acids is 1. The Labute approximate surface area is 127 Å². The maximum atomic E-state index is 12.2. The van der Waals surface area contributed by atoms with E-state index in [-0.39, 0.29) is 5.91 Å². The molecule has 116 valence electrons. The number of nitrogens with one attached hydrogen (secondary N) is 2. The number of hydrogen-bond acceptors (Lipinski definition) is 3. The number of carbonyl (C=O) groups is 1. The van der Waals surface area contributed by atoms with Crippen molar-refractivity contribution in [3.05, 3.63) is 23.8 Å². The van der Waals surface area contributed by atoms with Crippen LogP contribution in [0.25, 0.3) is 0 Å². The smallest absolute Gasteiger partial charge is 0.224 e. The number of amides is 1. The number of anilines is 1. The summed E-state index contributed by atoms with van der Waals surface area (Å²) in [7, 11) is 0. The molecule has 21 heavy (non-hydrogen) atoms. The molecule has 1 fully saturated rings. The van der Waals surface area contributed by atoms with Crippen LogP contribution < -0.4 is 15.4 Å². The molecule has 2 rings (SSSR count). The zero-order valence-electron chi connectivity index (χ0n) is 13.1. The van der Waals surface area contributed by atoms with Crippen LogP contribution in [-0.2, 0) is 4.79 Å². The molecule has 4 heteroatoms. The minimum absolute atomic E-state index is 0.0899. The Kier molecular flexibility index (Phi) is 6.05. The zero-order valence-corrected chi connectivity index (χ0v) is 13.1. The summed E-state index contributed by atoms with van der Waals surface area (Å²) >= 11 is 0. The highest BCUT2D eigenvalue weighted by Gasteiger charge is 2.17. The SMILES string of the molecule is CCCOc1cc(C)ccc1NC(=O)CC1CCNCC1. The summed E-state index contributed by atoms with van der Waals surface area (Å²) < 4.78 is 5.73. The third-order valence-corrected chi connectivity index (χ3v) is 3.81. The first-order valence-corrected chi connectivity index (χ1v) is 7.93. The summed E-state index contributed by atoms with van der Waals surface area (Å²) in [5.74, 6) is 1.36. The minimum atomic E-state index is 0.0899. The summed E-state index contributed by atoms with van der Waals surface area (Å²) in [5.41, 5.74) is 1.92. The Balaban J connectivity index is 1.95. The fourth-order valence-corrected chi connectivity index (χ4v) is 2.61. The molecule has 1 saturated heterocycles. The molecule has 1 aromatic rings. The predicted octanol–water partition coefficient (Wildman–Crippen LogP) is 3.11. The van der Waals surface area contributed by atoms with Gasteiger partial charge in [-0.2, -0.15) is 0 Å². The molecule has 0 spiro atoms. The van der Waals surface area contributed by atoms with E-state index >= 15 is 0 Å². The molecule has 2 N–H and O–H groups in total. The average Bonchev–Trinajstić information content (AvgIpc) is 2.48. The van der Waals surface area contributed by atoms with Gasteiger partial charge in [0.1, 0.15) is 5.75 Å². The van der Waals surface area contributed by atoms with Crippen molar-refractivity contribution in [3.8, 4) is 5.75 Å². The van der Waals surface area contributed by atoms with Gasteiger partial charge in [0, 0.05) is 6.42 Å². The van der Waals surface area contributed by atoms with E-state index in [1.807, 2.05) is 25.1 Å². The topological polar surface area (TPSA) is 50.4 Å². The van der Waals surface area contributed by atoms with Crippen LogP contribution in [0.3, 0.4) is 0 Å². The van der Waals surface area contributed by atoms with Crippen LogP contribution in [0.4, 0.5) is 5.69 Å². The van der Waals surface area contributed by atoms with E-state index in [9.17, 15) is 4.79 Å². The quantitative estimate of drug-likeness (QED) is 0.846. The maximum absolute atomic E-state index is 12.2. The van der Waals surface area contributed by atoms with Gasteiger partial charge in [0.15, 0.2) is 0 Å². The first-order valence-electron chi connectivity index (χ1n) is 7.93. The van der Waals surface area contributed by atoms with Gasteiger partial charge >= 0.3 is 0 Å². The van der Waals surface area contributed by atoms with E-state index in [0.29, 0.717) is 18.9 Å². The molecule has 0 bridgehead atoms. The summed E-state index contributed by atoms with van der Waals surface area (Å²) in [6.07, 6.45) is 3.72. The van der Waals surface area contributed by atoms with Crippen molar-refractivity contribution in [1.29, 1.82) is 0 Å². The molecule has 1 aliphatic rings. The lowest BCUT2D eigenvalue weighted by Crippen LogP contribution is -2.30. The highest BCUT2D eigenvalue weighted by Crippen LogP contribution is 2.27. The van der Waals surface area contributed by atoms with Crippen molar-refractivity contribution >= 4 is 11.6 Å². The fraction of sp³-hybridized carbons (Fsp3) is 0.588. The van der Waals surface area contributed by atoms with Crippen LogP contribution in [0.5, 0.6) is 5.75 Å². The zero-order chi connectivity index (χ0) is 15.1. The first-order chi connectivity index (χ1) is 10.2. The molecule has 1 heterocycles.